The number of hydrogen-bond acceptors (Lipinski definition) is 2. The van der Waals surface area contributed by atoms with Gasteiger partial charge in [0.2, 0.25) is 0 Å². The van der Waals surface area contributed by atoms with Crippen LogP contribution in [0.2, 0.25) is 0 Å². The number of fused-ring (bicyclic) bond motifs is 1. The second-order valence-electron chi connectivity index (χ2n) is 7.31. The Morgan fingerprint density at radius 2 is 1.69 bits per heavy atom. The number of benzene rings is 3. The van der Waals surface area contributed by atoms with Crippen LogP contribution in [0.25, 0.3) is 0 Å². The second-order valence-corrected chi connectivity index (χ2v) is 7.31. The van der Waals surface area contributed by atoms with E-state index in [0.29, 0.717) is 17.8 Å². The molecule has 0 unspecified atom stereocenters. The maximum atomic E-state index is 12.9. The summed E-state index contributed by atoms with van der Waals surface area (Å²) in [6.45, 7) is 4.62. The SMILES string of the molecule is Cc1ccc(NC(=O)Nc2ccc3c(c2)N(C(=O)c2ccccc2)CC3)c(C)c1. The molecule has 29 heavy (non-hydrogen) atoms. The van der Waals surface area contributed by atoms with Crippen LogP contribution >= 0.6 is 0 Å². The minimum Gasteiger partial charge on any atom is -0.308 e. The van der Waals surface area contributed by atoms with Gasteiger partial charge in [-0.1, -0.05) is 42.0 Å². The standard InChI is InChI=1S/C24H23N3O2/c1-16-8-11-21(17(2)14-16)26-24(29)25-20-10-9-18-12-13-27(22(18)15-20)23(28)19-6-4-3-5-7-19/h3-11,14-15H,12-13H2,1-2H3,(H2,25,26,29). The smallest absolute Gasteiger partial charge is 0.308 e. The van der Waals surface area contributed by atoms with Crippen LogP contribution in [0.1, 0.15) is 27.0 Å². The summed E-state index contributed by atoms with van der Waals surface area (Å²) in [7, 11) is 0. The lowest BCUT2D eigenvalue weighted by molar-refractivity contribution is 0.0989. The zero-order valence-corrected chi connectivity index (χ0v) is 16.5. The molecule has 1 aliphatic heterocycles. The Morgan fingerprint density at radius 1 is 0.897 bits per heavy atom. The van der Waals surface area contributed by atoms with Crippen LogP contribution < -0.4 is 15.5 Å². The molecule has 146 valence electrons. The third-order valence-electron chi connectivity index (χ3n) is 5.13. The summed E-state index contributed by atoms with van der Waals surface area (Å²) in [5.74, 6) is -0.0266. The van der Waals surface area contributed by atoms with Gasteiger partial charge in [0.1, 0.15) is 0 Å². The lowest BCUT2D eigenvalue weighted by Crippen LogP contribution is -2.29. The predicted octanol–water partition coefficient (Wildman–Crippen LogP) is 5.15. The van der Waals surface area contributed by atoms with E-state index in [1.807, 2.05) is 80.6 Å². The van der Waals surface area contributed by atoms with Gasteiger partial charge in [0.15, 0.2) is 0 Å². The predicted molar refractivity (Wildman–Crippen MR) is 117 cm³/mol. The quantitative estimate of drug-likeness (QED) is 0.655. The van der Waals surface area contributed by atoms with Gasteiger partial charge in [0, 0.05) is 29.2 Å². The molecule has 0 atom stereocenters. The van der Waals surface area contributed by atoms with E-state index in [2.05, 4.69) is 10.6 Å². The largest absolute Gasteiger partial charge is 0.323 e. The van der Waals surface area contributed by atoms with Crippen molar-refractivity contribution in [3.8, 4) is 0 Å². The number of anilines is 3. The first-order chi connectivity index (χ1) is 14.0. The molecule has 0 aliphatic carbocycles. The van der Waals surface area contributed by atoms with E-state index in [1.165, 1.54) is 0 Å². The molecular formula is C24H23N3O2. The van der Waals surface area contributed by atoms with Gasteiger partial charge in [0.25, 0.3) is 5.91 Å². The summed E-state index contributed by atoms with van der Waals surface area (Å²) < 4.78 is 0. The number of carbonyl (C=O) groups is 2. The highest BCUT2D eigenvalue weighted by Crippen LogP contribution is 2.32. The highest BCUT2D eigenvalue weighted by Gasteiger charge is 2.26. The topological polar surface area (TPSA) is 61.4 Å². The summed E-state index contributed by atoms with van der Waals surface area (Å²) in [5.41, 5.74) is 6.20. The van der Waals surface area contributed by atoms with E-state index in [4.69, 9.17) is 0 Å². The zero-order valence-electron chi connectivity index (χ0n) is 16.5. The fourth-order valence-electron chi connectivity index (χ4n) is 3.64. The number of aryl methyl sites for hydroxylation is 2. The van der Waals surface area contributed by atoms with Gasteiger partial charge >= 0.3 is 6.03 Å². The van der Waals surface area contributed by atoms with Crippen molar-refractivity contribution < 1.29 is 9.59 Å². The van der Waals surface area contributed by atoms with Crippen LogP contribution in [0, 0.1) is 13.8 Å². The van der Waals surface area contributed by atoms with Crippen molar-refractivity contribution in [2.45, 2.75) is 20.3 Å². The van der Waals surface area contributed by atoms with Crippen LogP contribution in [0.15, 0.2) is 66.7 Å². The van der Waals surface area contributed by atoms with Gasteiger partial charge in [-0.25, -0.2) is 4.79 Å². The lowest BCUT2D eigenvalue weighted by atomic mass is 10.1. The monoisotopic (exact) mass is 385 g/mol. The Balaban J connectivity index is 1.50. The fraction of sp³-hybridized carbons (Fsp3) is 0.167. The van der Waals surface area contributed by atoms with Crippen LogP contribution in [0.5, 0.6) is 0 Å². The number of nitrogens with zero attached hydrogens (tertiary/aromatic N) is 1. The molecule has 0 radical (unpaired) electrons. The van der Waals surface area contributed by atoms with Crippen molar-refractivity contribution >= 4 is 29.0 Å². The number of rotatable bonds is 3. The summed E-state index contributed by atoms with van der Waals surface area (Å²) in [5, 5.41) is 5.76. The van der Waals surface area contributed by atoms with Gasteiger partial charge in [-0.15, -0.1) is 0 Å². The van der Waals surface area contributed by atoms with E-state index in [-0.39, 0.29) is 11.9 Å². The van der Waals surface area contributed by atoms with Crippen molar-refractivity contribution in [3.63, 3.8) is 0 Å². The van der Waals surface area contributed by atoms with Crippen molar-refractivity contribution in [2.75, 3.05) is 22.1 Å². The Bertz CT molecular complexity index is 1080. The normalized spacial score (nSPS) is 12.4. The van der Waals surface area contributed by atoms with Crippen LogP contribution in [0.4, 0.5) is 21.9 Å². The zero-order chi connectivity index (χ0) is 20.4. The molecule has 1 heterocycles. The number of amides is 3. The lowest BCUT2D eigenvalue weighted by Gasteiger charge is -2.18. The van der Waals surface area contributed by atoms with Gasteiger partial charge in [-0.3, -0.25) is 4.79 Å². The van der Waals surface area contributed by atoms with Gasteiger partial charge in [0.05, 0.1) is 0 Å². The van der Waals surface area contributed by atoms with Crippen molar-refractivity contribution in [3.05, 3.63) is 89.0 Å². The Kier molecular flexibility index (Phi) is 5.04. The molecule has 5 nitrogen and oxygen atoms in total. The van der Waals surface area contributed by atoms with E-state index < -0.39 is 0 Å². The molecule has 1 aliphatic rings. The molecule has 5 heteroatoms. The summed E-state index contributed by atoms with van der Waals surface area (Å²) >= 11 is 0. The minimum atomic E-state index is -0.309. The first-order valence-corrected chi connectivity index (χ1v) is 9.66. The molecular weight excluding hydrogens is 362 g/mol. The number of urea groups is 1. The van der Waals surface area contributed by atoms with Crippen LogP contribution in [-0.4, -0.2) is 18.5 Å². The molecule has 0 saturated heterocycles. The van der Waals surface area contributed by atoms with Crippen LogP contribution in [-0.2, 0) is 6.42 Å². The summed E-state index contributed by atoms with van der Waals surface area (Å²) in [4.78, 5) is 27.1. The van der Waals surface area contributed by atoms with Gasteiger partial charge in [-0.05, 0) is 61.7 Å². The maximum Gasteiger partial charge on any atom is 0.323 e. The summed E-state index contributed by atoms with van der Waals surface area (Å²) in [6, 6.07) is 20.5. The van der Waals surface area contributed by atoms with E-state index >= 15 is 0 Å². The number of carbonyl (C=O) groups excluding carboxylic acids is 2. The molecule has 3 aromatic rings. The fourth-order valence-corrected chi connectivity index (χ4v) is 3.64. The van der Waals surface area contributed by atoms with Crippen molar-refractivity contribution in [2.24, 2.45) is 0 Å². The highest BCUT2D eigenvalue weighted by molar-refractivity contribution is 6.08. The molecule has 3 amide bonds. The Morgan fingerprint density at radius 3 is 2.45 bits per heavy atom. The first-order valence-electron chi connectivity index (χ1n) is 9.66. The molecule has 2 N–H and O–H groups in total. The molecule has 0 aromatic heterocycles. The first kappa shape index (κ1) is 18.7. The van der Waals surface area contributed by atoms with Crippen molar-refractivity contribution in [1.82, 2.24) is 0 Å². The molecule has 0 spiro atoms. The average Bonchev–Trinajstić information content (AvgIpc) is 3.13. The Hall–Kier alpha value is -3.60. The van der Waals surface area contributed by atoms with Crippen molar-refractivity contribution in [1.29, 1.82) is 0 Å². The third-order valence-corrected chi connectivity index (χ3v) is 5.13. The molecule has 0 saturated carbocycles. The minimum absolute atomic E-state index is 0.0266. The second kappa shape index (κ2) is 7.80. The van der Waals surface area contributed by atoms with E-state index in [9.17, 15) is 9.59 Å². The molecule has 3 aromatic carbocycles. The van der Waals surface area contributed by atoms with E-state index in [0.717, 1.165) is 34.5 Å². The third kappa shape index (κ3) is 3.99. The van der Waals surface area contributed by atoms with Crippen LogP contribution in [0.3, 0.4) is 0 Å². The molecule has 0 fully saturated rings. The average molecular weight is 385 g/mol. The Labute approximate surface area is 170 Å². The number of hydrogen-bond donors (Lipinski definition) is 2. The molecule has 4 rings (SSSR count). The van der Waals surface area contributed by atoms with Gasteiger partial charge in [-0.2, -0.15) is 0 Å². The van der Waals surface area contributed by atoms with Gasteiger partial charge < -0.3 is 15.5 Å². The number of nitrogens with one attached hydrogen (secondary N) is 2. The maximum absolute atomic E-state index is 12.9. The van der Waals surface area contributed by atoms with E-state index in [1.54, 1.807) is 4.90 Å². The summed E-state index contributed by atoms with van der Waals surface area (Å²) in [6.07, 6.45) is 0.808. The molecule has 0 bridgehead atoms. The highest BCUT2D eigenvalue weighted by atomic mass is 16.2.